The molecule has 0 amide bonds. The lowest BCUT2D eigenvalue weighted by Crippen LogP contribution is -2.31. The minimum absolute atomic E-state index is 0.107. The quantitative estimate of drug-likeness (QED) is 0.0738. The first-order valence-corrected chi connectivity index (χ1v) is 14.8. The first-order chi connectivity index (χ1) is 18.9. The third-order valence-corrected chi connectivity index (χ3v) is 9.67. The van der Waals surface area contributed by atoms with Gasteiger partial charge in [0.1, 0.15) is 0 Å². The maximum Gasteiger partial charge on any atom is 0.416 e. The highest BCUT2D eigenvalue weighted by atomic mass is 32.2. The van der Waals surface area contributed by atoms with Gasteiger partial charge in [-0.2, -0.15) is 32.4 Å². The van der Waals surface area contributed by atoms with Gasteiger partial charge in [-0.1, -0.05) is 79.3 Å². The van der Waals surface area contributed by atoms with Gasteiger partial charge in [-0.05, 0) is 43.0 Å². The summed E-state index contributed by atoms with van der Waals surface area (Å²) in [5.41, 5.74) is -2.20. The van der Waals surface area contributed by atoms with Crippen LogP contribution in [0, 0.1) is 0 Å². The number of amidine groups is 1. The third-order valence-electron chi connectivity index (χ3n) is 6.41. The topological polar surface area (TPSA) is 15.6 Å². The Morgan fingerprint density at radius 2 is 1.30 bits per heavy atom. The standard InChI is InChI=1S/C30H26F6N2PS/c1-20(26-15-10-16-27(26)39(24-11-6-4-7-12-24)25-13-8-5-9-14-25)38(2)28(40-3)37-23-18-21(29(31,32)33)17-22(19-23)30(34,35)36/h4-20H,1-3H3/q-1/t20-/m0/s1. The smallest absolute Gasteiger partial charge is 0.359 e. The maximum absolute atomic E-state index is 13.4. The molecule has 2 nitrogen and oxygen atoms in total. The molecule has 0 heterocycles. The molecule has 0 unspecified atom stereocenters. The number of aliphatic imine (C=N–C) groups is 1. The van der Waals surface area contributed by atoms with Crippen molar-refractivity contribution in [2.45, 2.75) is 25.3 Å². The number of hydrogen-bond donors (Lipinski definition) is 0. The van der Waals surface area contributed by atoms with Gasteiger partial charge in [-0.25, -0.2) is 17.1 Å². The zero-order valence-corrected chi connectivity index (χ0v) is 23.5. The van der Waals surface area contributed by atoms with E-state index in [1.54, 1.807) is 18.2 Å². The van der Waals surface area contributed by atoms with Crippen molar-refractivity contribution in [3.63, 3.8) is 0 Å². The molecule has 0 aromatic heterocycles. The van der Waals surface area contributed by atoms with Crippen molar-refractivity contribution in [3.05, 3.63) is 114 Å². The van der Waals surface area contributed by atoms with E-state index < -0.39 is 37.1 Å². The summed E-state index contributed by atoms with van der Waals surface area (Å²) in [7, 11) is 0.822. The first kappa shape index (κ1) is 29.8. The SMILES string of the molecule is CSC(=Nc1cc(C(F)(F)F)cc(C(F)(F)F)c1)N(C)[C@@H](C)[c-]1cccc1P(c1ccccc1)c1ccccc1. The number of hydrogen-bond acceptors (Lipinski definition) is 2. The second-order valence-electron chi connectivity index (χ2n) is 9.02. The number of rotatable bonds is 6. The van der Waals surface area contributed by atoms with Crippen molar-refractivity contribution in [1.82, 2.24) is 4.90 Å². The molecule has 0 saturated heterocycles. The van der Waals surface area contributed by atoms with Crippen molar-refractivity contribution in [1.29, 1.82) is 0 Å². The fourth-order valence-corrected chi connectivity index (χ4v) is 7.51. The maximum atomic E-state index is 13.4. The molecule has 0 spiro atoms. The molecule has 0 N–H and O–H groups in total. The predicted octanol–water partition coefficient (Wildman–Crippen LogP) is 8.24. The summed E-state index contributed by atoms with van der Waals surface area (Å²) in [4.78, 5) is 6.04. The molecular weight excluding hydrogens is 565 g/mol. The normalized spacial score (nSPS) is 13.5. The van der Waals surface area contributed by atoms with Gasteiger partial charge in [-0.15, -0.1) is 10.9 Å². The molecule has 40 heavy (non-hydrogen) atoms. The Kier molecular flexibility index (Phi) is 9.06. The van der Waals surface area contributed by atoms with Crippen LogP contribution in [0.2, 0.25) is 0 Å². The zero-order chi connectivity index (χ0) is 29.1. The van der Waals surface area contributed by atoms with E-state index >= 15 is 0 Å². The Bertz CT molecular complexity index is 1380. The number of benzene rings is 3. The molecule has 0 aliphatic rings. The third kappa shape index (κ3) is 6.76. The van der Waals surface area contributed by atoms with Crippen LogP contribution in [0.4, 0.5) is 32.0 Å². The first-order valence-electron chi connectivity index (χ1n) is 12.2. The Balaban J connectivity index is 1.74. The Labute approximate surface area is 234 Å². The van der Waals surface area contributed by atoms with E-state index in [-0.39, 0.29) is 17.3 Å². The molecule has 4 aromatic carbocycles. The van der Waals surface area contributed by atoms with Gasteiger partial charge in [0.15, 0.2) is 5.17 Å². The molecule has 0 bridgehead atoms. The van der Waals surface area contributed by atoms with Crippen LogP contribution < -0.4 is 15.9 Å². The van der Waals surface area contributed by atoms with Crippen molar-refractivity contribution in [2.75, 3.05) is 13.3 Å². The number of alkyl halides is 6. The molecule has 1 atom stereocenters. The van der Waals surface area contributed by atoms with Gasteiger partial charge in [0.25, 0.3) is 0 Å². The molecule has 0 aliphatic heterocycles. The van der Waals surface area contributed by atoms with E-state index in [1.165, 1.54) is 0 Å². The fraction of sp³-hybridized carbons (Fsp3) is 0.200. The van der Waals surface area contributed by atoms with Crippen LogP contribution in [-0.2, 0) is 12.4 Å². The van der Waals surface area contributed by atoms with Crippen molar-refractivity contribution >= 4 is 46.5 Å². The van der Waals surface area contributed by atoms with Crippen LogP contribution in [0.1, 0.15) is 29.7 Å². The highest BCUT2D eigenvalue weighted by molar-refractivity contribution is 8.13. The van der Waals surface area contributed by atoms with Crippen molar-refractivity contribution in [3.8, 4) is 0 Å². The highest BCUT2D eigenvalue weighted by Gasteiger charge is 2.37. The lowest BCUT2D eigenvalue weighted by Gasteiger charge is -2.34. The van der Waals surface area contributed by atoms with Crippen molar-refractivity contribution in [2.24, 2.45) is 4.99 Å². The lowest BCUT2D eigenvalue weighted by atomic mass is 10.1. The summed E-state index contributed by atoms with van der Waals surface area (Å²) in [5.74, 6) is 0. The molecule has 0 fully saturated rings. The molecule has 0 radical (unpaired) electrons. The summed E-state index contributed by atoms with van der Waals surface area (Å²) in [6.07, 6.45) is -8.20. The lowest BCUT2D eigenvalue weighted by molar-refractivity contribution is -0.143. The van der Waals surface area contributed by atoms with Gasteiger partial charge >= 0.3 is 12.4 Å². The van der Waals surface area contributed by atoms with Crippen LogP contribution >= 0.6 is 19.7 Å². The minimum atomic E-state index is -4.94. The number of thioether (sulfide) groups is 1. The number of halogens is 6. The summed E-state index contributed by atoms with van der Waals surface area (Å²) >= 11 is 1.15. The molecule has 0 saturated carbocycles. The average Bonchev–Trinajstić information content (AvgIpc) is 3.40. The summed E-state index contributed by atoms with van der Waals surface area (Å²) in [6.45, 7) is 1.95. The van der Waals surface area contributed by atoms with Crippen LogP contribution in [-0.4, -0.2) is 23.4 Å². The largest absolute Gasteiger partial charge is 0.416 e. The highest BCUT2D eigenvalue weighted by Crippen LogP contribution is 2.40. The molecule has 4 rings (SSSR count). The van der Waals surface area contributed by atoms with E-state index in [4.69, 9.17) is 0 Å². The van der Waals surface area contributed by atoms with Gasteiger partial charge in [0.2, 0.25) is 0 Å². The van der Waals surface area contributed by atoms with E-state index in [1.807, 2.05) is 55.5 Å². The molecule has 210 valence electrons. The average molecular weight is 592 g/mol. The Hall–Kier alpha value is -3.16. The van der Waals surface area contributed by atoms with Gasteiger partial charge in [-0.3, -0.25) is 0 Å². The Morgan fingerprint density at radius 3 is 1.75 bits per heavy atom. The molecule has 10 heteroatoms. The van der Waals surface area contributed by atoms with Gasteiger partial charge in [0, 0.05) is 13.1 Å². The molecule has 0 aliphatic carbocycles. The van der Waals surface area contributed by atoms with E-state index in [9.17, 15) is 26.3 Å². The summed E-state index contributed by atoms with van der Waals surface area (Å²) in [5, 5.41) is 3.73. The van der Waals surface area contributed by atoms with Gasteiger partial charge < -0.3 is 4.90 Å². The van der Waals surface area contributed by atoms with Crippen LogP contribution in [0.15, 0.2) is 102 Å². The Morgan fingerprint density at radius 1 is 0.800 bits per heavy atom. The van der Waals surface area contributed by atoms with Crippen LogP contribution in [0.3, 0.4) is 0 Å². The fourth-order valence-electron chi connectivity index (χ4n) is 4.32. The second-order valence-corrected chi connectivity index (χ2v) is 12.0. The van der Waals surface area contributed by atoms with Crippen molar-refractivity contribution < 1.29 is 26.3 Å². The minimum Gasteiger partial charge on any atom is -0.359 e. The summed E-state index contributed by atoms with van der Waals surface area (Å²) in [6, 6.07) is 27.4. The molecule has 4 aromatic rings. The number of nitrogens with zero attached hydrogens (tertiary/aromatic N) is 2. The van der Waals surface area contributed by atoms with E-state index in [2.05, 4.69) is 35.3 Å². The second kappa shape index (κ2) is 12.1. The monoisotopic (exact) mass is 591 g/mol. The predicted molar refractivity (Wildman–Crippen MR) is 154 cm³/mol. The van der Waals surface area contributed by atoms with E-state index in [0.717, 1.165) is 33.2 Å². The van der Waals surface area contributed by atoms with Gasteiger partial charge in [0.05, 0.1) is 16.8 Å². The van der Waals surface area contributed by atoms with E-state index in [0.29, 0.717) is 12.1 Å². The zero-order valence-electron chi connectivity index (χ0n) is 21.8. The molecular formula is C30H26F6N2PS-. The van der Waals surface area contributed by atoms with Crippen LogP contribution in [0.5, 0.6) is 0 Å². The van der Waals surface area contributed by atoms with Crippen LogP contribution in [0.25, 0.3) is 0 Å². The summed E-state index contributed by atoms with van der Waals surface area (Å²) < 4.78 is 80.4.